The van der Waals surface area contributed by atoms with Crippen molar-refractivity contribution in [1.82, 2.24) is 25.3 Å². The summed E-state index contributed by atoms with van der Waals surface area (Å²) in [6, 6.07) is 28.3. The van der Waals surface area contributed by atoms with Crippen LogP contribution in [0.25, 0.3) is 0 Å². The number of benzene rings is 3. The van der Waals surface area contributed by atoms with E-state index < -0.39 is 23.7 Å². The Kier molecular flexibility index (Phi) is 15.0. The molecule has 3 aromatic rings. The summed E-state index contributed by atoms with van der Waals surface area (Å²) in [4.78, 5) is 46.2. The van der Waals surface area contributed by atoms with Gasteiger partial charge in [-0.05, 0) is 76.5 Å². The number of carbonyl (C=O) groups excluding carboxylic acids is 3. The molecular formula is C41H55N7O5. The molecule has 1 fully saturated rings. The molecular weight excluding hydrogens is 670 g/mol. The second-order valence-corrected chi connectivity index (χ2v) is 13.7. The number of rotatable bonds is 16. The maximum absolute atomic E-state index is 13.9. The van der Waals surface area contributed by atoms with E-state index >= 15 is 0 Å². The van der Waals surface area contributed by atoms with Gasteiger partial charge in [-0.3, -0.25) is 15.0 Å². The van der Waals surface area contributed by atoms with Gasteiger partial charge in [-0.15, -0.1) is 0 Å². The van der Waals surface area contributed by atoms with Crippen molar-refractivity contribution in [1.29, 1.82) is 5.41 Å². The standard InChI is InChI=1S/C41H55N7O5/c1-6-36(41(27-30(2)46(3)4,32-19-12-8-13-20-32)33-21-14-9-15-22-33)53-40(51)47(5)28-34-29-48(25-26-52-34)38(50)35(23-16-24-44-39(42)43)45-37(49)31-17-10-7-11-18-31/h6-15,17-22,30,34-35H,16,23-29H2,1-5H3,(H,45,49)(H4,42,43,44)/b36-6-. The van der Waals surface area contributed by atoms with Crippen molar-refractivity contribution in [3.05, 3.63) is 120 Å². The van der Waals surface area contributed by atoms with Crippen LogP contribution >= 0.6 is 0 Å². The molecule has 12 heteroatoms. The summed E-state index contributed by atoms with van der Waals surface area (Å²) in [6.07, 6.45) is 2.36. The van der Waals surface area contributed by atoms with Gasteiger partial charge in [-0.1, -0.05) is 78.9 Å². The highest BCUT2D eigenvalue weighted by Crippen LogP contribution is 2.44. The van der Waals surface area contributed by atoms with Gasteiger partial charge in [0.25, 0.3) is 5.91 Å². The molecule has 0 aromatic heterocycles. The number of nitrogens with two attached hydrogens (primary N) is 1. The van der Waals surface area contributed by atoms with E-state index in [0.29, 0.717) is 43.7 Å². The summed E-state index contributed by atoms with van der Waals surface area (Å²) in [5.74, 6) is -0.219. The molecule has 3 atom stereocenters. The molecule has 1 aliphatic rings. The van der Waals surface area contributed by atoms with Crippen LogP contribution in [0.3, 0.4) is 0 Å². The largest absolute Gasteiger partial charge is 0.414 e. The molecule has 4 rings (SSSR count). The molecule has 284 valence electrons. The lowest BCUT2D eigenvalue weighted by Crippen LogP contribution is -2.55. The number of nitrogens with one attached hydrogen (secondary N) is 3. The maximum Gasteiger partial charge on any atom is 0.414 e. The summed E-state index contributed by atoms with van der Waals surface area (Å²) in [5, 5.41) is 13.1. The van der Waals surface area contributed by atoms with Crippen LogP contribution < -0.4 is 16.4 Å². The predicted octanol–water partition coefficient (Wildman–Crippen LogP) is 4.57. The Morgan fingerprint density at radius 3 is 2.13 bits per heavy atom. The van der Waals surface area contributed by atoms with Crippen molar-refractivity contribution in [2.75, 3.05) is 53.9 Å². The van der Waals surface area contributed by atoms with Crippen LogP contribution in [-0.4, -0.2) is 111 Å². The molecule has 1 heterocycles. The molecule has 53 heavy (non-hydrogen) atoms. The molecule has 3 amide bonds. The summed E-state index contributed by atoms with van der Waals surface area (Å²) in [7, 11) is 5.76. The van der Waals surface area contributed by atoms with Crippen molar-refractivity contribution in [2.45, 2.75) is 56.7 Å². The number of hydrogen-bond donors (Lipinski definition) is 4. The average Bonchev–Trinajstić information content (AvgIpc) is 3.17. The third-order valence-electron chi connectivity index (χ3n) is 9.76. The van der Waals surface area contributed by atoms with Crippen molar-refractivity contribution in [3.63, 3.8) is 0 Å². The zero-order valence-electron chi connectivity index (χ0n) is 31.6. The number of carbonyl (C=O) groups is 3. The van der Waals surface area contributed by atoms with Crippen LogP contribution in [0.2, 0.25) is 0 Å². The zero-order chi connectivity index (χ0) is 38.4. The van der Waals surface area contributed by atoms with Gasteiger partial charge in [0.2, 0.25) is 5.91 Å². The summed E-state index contributed by atoms with van der Waals surface area (Å²) >= 11 is 0. The van der Waals surface area contributed by atoms with Crippen molar-refractivity contribution in [2.24, 2.45) is 5.73 Å². The molecule has 0 radical (unpaired) electrons. The van der Waals surface area contributed by atoms with Crippen molar-refractivity contribution < 1.29 is 23.9 Å². The number of morpholine rings is 1. The first-order valence-electron chi connectivity index (χ1n) is 18.2. The number of ether oxygens (including phenoxy) is 2. The number of likely N-dealkylation sites (N-methyl/N-ethyl adjacent to an activating group) is 1. The Hall–Kier alpha value is -5.20. The Morgan fingerprint density at radius 1 is 1.00 bits per heavy atom. The SMILES string of the molecule is C/C=C(\OC(=O)N(C)CC1CN(C(=O)C(CCCNC(=N)N)NC(=O)c2ccccc2)CCO1)C(CC(C)N(C)C)(c1ccccc1)c1ccccc1. The summed E-state index contributed by atoms with van der Waals surface area (Å²) in [6.45, 7) is 5.47. The second kappa shape index (κ2) is 19.6. The lowest BCUT2D eigenvalue weighted by Gasteiger charge is -2.40. The molecule has 0 bridgehead atoms. The molecule has 5 N–H and O–H groups in total. The maximum atomic E-state index is 13.9. The molecule has 0 saturated carbocycles. The molecule has 1 saturated heterocycles. The van der Waals surface area contributed by atoms with Gasteiger partial charge in [0.1, 0.15) is 11.8 Å². The first kappa shape index (κ1) is 40.6. The second-order valence-electron chi connectivity index (χ2n) is 13.7. The van der Waals surface area contributed by atoms with E-state index in [2.05, 4.69) is 46.7 Å². The first-order valence-corrected chi connectivity index (χ1v) is 18.2. The molecule has 0 aliphatic carbocycles. The number of allylic oxidation sites excluding steroid dienone is 2. The van der Waals surface area contributed by atoms with Crippen LogP contribution in [0, 0.1) is 5.41 Å². The van der Waals surface area contributed by atoms with Crippen LogP contribution in [0.4, 0.5) is 4.79 Å². The first-order chi connectivity index (χ1) is 25.5. The Morgan fingerprint density at radius 2 is 1.58 bits per heavy atom. The smallest absolute Gasteiger partial charge is 0.414 e. The van der Waals surface area contributed by atoms with Crippen LogP contribution in [0.15, 0.2) is 103 Å². The molecule has 0 spiro atoms. The minimum Gasteiger partial charge on any atom is -0.414 e. The lowest BCUT2D eigenvalue weighted by atomic mass is 9.68. The zero-order valence-corrected chi connectivity index (χ0v) is 31.6. The van der Waals surface area contributed by atoms with Gasteiger partial charge in [0.15, 0.2) is 5.96 Å². The van der Waals surface area contributed by atoms with Gasteiger partial charge < -0.3 is 40.5 Å². The van der Waals surface area contributed by atoms with Crippen molar-refractivity contribution in [3.8, 4) is 0 Å². The Bertz CT molecular complexity index is 1630. The lowest BCUT2D eigenvalue weighted by molar-refractivity contribution is -0.141. The topological polar surface area (TPSA) is 153 Å². The predicted molar refractivity (Wildman–Crippen MR) is 207 cm³/mol. The number of nitrogens with zero attached hydrogens (tertiary/aromatic N) is 3. The normalized spacial score (nSPS) is 16.0. The minimum absolute atomic E-state index is 0.132. The van der Waals surface area contributed by atoms with Crippen LogP contribution in [0.1, 0.15) is 54.6 Å². The fourth-order valence-corrected chi connectivity index (χ4v) is 6.67. The van der Waals surface area contributed by atoms with E-state index in [1.807, 2.05) is 69.6 Å². The number of hydrogen-bond acceptors (Lipinski definition) is 7. The van der Waals surface area contributed by atoms with E-state index in [-0.39, 0.29) is 43.5 Å². The van der Waals surface area contributed by atoms with E-state index in [4.69, 9.17) is 20.6 Å². The fourth-order valence-electron chi connectivity index (χ4n) is 6.67. The monoisotopic (exact) mass is 725 g/mol. The number of amides is 3. The third-order valence-corrected chi connectivity index (χ3v) is 9.76. The average molecular weight is 726 g/mol. The quantitative estimate of drug-likeness (QED) is 0.0726. The number of guanidine groups is 1. The van der Waals surface area contributed by atoms with E-state index in [0.717, 1.165) is 11.1 Å². The van der Waals surface area contributed by atoms with Gasteiger partial charge in [0.05, 0.1) is 24.7 Å². The summed E-state index contributed by atoms with van der Waals surface area (Å²) in [5.41, 5.74) is 7.14. The highest BCUT2D eigenvalue weighted by atomic mass is 16.6. The van der Waals surface area contributed by atoms with Gasteiger partial charge >= 0.3 is 6.09 Å². The highest BCUT2D eigenvalue weighted by molar-refractivity contribution is 5.97. The molecule has 1 aliphatic heterocycles. The Balaban J connectivity index is 1.50. The van der Waals surface area contributed by atoms with Gasteiger partial charge in [0, 0.05) is 38.3 Å². The Labute approximate surface area is 313 Å². The van der Waals surface area contributed by atoms with Crippen LogP contribution in [0.5, 0.6) is 0 Å². The van der Waals surface area contributed by atoms with Gasteiger partial charge in [-0.2, -0.15) is 0 Å². The van der Waals surface area contributed by atoms with Crippen molar-refractivity contribution >= 4 is 23.9 Å². The molecule has 3 aromatic carbocycles. The minimum atomic E-state index is -0.802. The summed E-state index contributed by atoms with van der Waals surface area (Å²) < 4.78 is 12.4. The fraction of sp³-hybridized carbons (Fsp3) is 0.415. The van der Waals surface area contributed by atoms with Gasteiger partial charge in [-0.25, -0.2) is 4.79 Å². The van der Waals surface area contributed by atoms with E-state index in [9.17, 15) is 14.4 Å². The molecule has 12 nitrogen and oxygen atoms in total. The van der Waals surface area contributed by atoms with Crippen LogP contribution in [-0.2, 0) is 19.7 Å². The van der Waals surface area contributed by atoms with E-state index in [1.54, 1.807) is 36.2 Å². The van der Waals surface area contributed by atoms with E-state index in [1.165, 1.54) is 4.90 Å². The third kappa shape index (κ3) is 10.9. The molecule has 3 unspecified atom stereocenters. The highest BCUT2D eigenvalue weighted by Gasteiger charge is 2.43.